The van der Waals surface area contributed by atoms with E-state index in [2.05, 4.69) is 16.3 Å². The van der Waals surface area contributed by atoms with Crippen LogP contribution in [0, 0.1) is 0 Å². The molecule has 6 nitrogen and oxygen atoms in total. The van der Waals surface area contributed by atoms with Gasteiger partial charge in [-0.25, -0.2) is 0 Å². The van der Waals surface area contributed by atoms with Crippen LogP contribution in [0.3, 0.4) is 0 Å². The second-order valence-electron chi connectivity index (χ2n) is 7.67. The molecule has 30 heavy (non-hydrogen) atoms. The molecule has 0 radical (unpaired) electrons. The van der Waals surface area contributed by atoms with E-state index in [1.165, 1.54) is 0 Å². The van der Waals surface area contributed by atoms with E-state index in [1.54, 1.807) is 9.80 Å². The first-order valence-electron chi connectivity index (χ1n) is 10.4. The zero-order valence-electron chi connectivity index (χ0n) is 17.2. The summed E-state index contributed by atoms with van der Waals surface area (Å²) in [4.78, 5) is 28.3. The summed E-state index contributed by atoms with van der Waals surface area (Å²) in [6, 6.07) is 19.5. The number of amides is 2. The van der Waals surface area contributed by atoms with Crippen LogP contribution >= 0.6 is 0 Å². The molecule has 154 valence electrons. The van der Waals surface area contributed by atoms with E-state index in [0.717, 1.165) is 48.4 Å². The Morgan fingerprint density at radius 2 is 1.97 bits per heavy atom. The van der Waals surface area contributed by atoms with Crippen molar-refractivity contribution in [2.24, 2.45) is 0 Å². The lowest BCUT2D eigenvalue weighted by molar-refractivity contribution is -0.117. The standard InChI is InChI=1S/C24H26N4O2/c1-27(14-6-11-20-17-22(26-25-20)18-8-3-2-4-9-18)24(30)19-10-5-12-21(16-19)28-15-7-13-23(28)29/h2-5,8-10,12,16-17H,6-7,11,13-15H2,1H3,(H,25,26). The number of anilines is 1. The van der Waals surface area contributed by atoms with Crippen LogP contribution in [0.2, 0.25) is 0 Å². The molecule has 1 N–H and O–H groups in total. The lowest BCUT2D eigenvalue weighted by Gasteiger charge is -2.19. The first-order valence-corrected chi connectivity index (χ1v) is 10.4. The molecular weight excluding hydrogens is 376 g/mol. The van der Waals surface area contributed by atoms with Gasteiger partial charge in [-0.3, -0.25) is 14.7 Å². The molecule has 0 aliphatic carbocycles. The number of aromatic amines is 1. The van der Waals surface area contributed by atoms with E-state index < -0.39 is 0 Å². The number of nitrogens with zero attached hydrogens (tertiary/aromatic N) is 3. The minimum absolute atomic E-state index is 0.0296. The summed E-state index contributed by atoms with van der Waals surface area (Å²) in [7, 11) is 1.82. The van der Waals surface area contributed by atoms with E-state index in [4.69, 9.17) is 0 Å². The highest BCUT2D eigenvalue weighted by Gasteiger charge is 2.22. The Hall–Kier alpha value is -3.41. The number of hydrogen-bond donors (Lipinski definition) is 1. The number of hydrogen-bond acceptors (Lipinski definition) is 3. The summed E-state index contributed by atoms with van der Waals surface area (Å²) in [5.41, 5.74) is 4.50. The predicted molar refractivity (Wildman–Crippen MR) is 117 cm³/mol. The molecule has 1 aliphatic rings. The molecular formula is C24H26N4O2. The first-order chi connectivity index (χ1) is 14.6. The van der Waals surface area contributed by atoms with Crippen LogP contribution < -0.4 is 4.90 Å². The Bertz CT molecular complexity index is 1030. The highest BCUT2D eigenvalue weighted by molar-refractivity contribution is 5.99. The van der Waals surface area contributed by atoms with Gasteiger partial charge >= 0.3 is 0 Å². The second kappa shape index (κ2) is 8.95. The maximum absolute atomic E-state index is 12.8. The summed E-state index contributed by atoms with van der Waals surface area (Å²) < 4.78 is 0. The van der Waals surface area contributed by atoms with Crippen LogP contribution in [0.15, 0.2) is 60.7 Å². The van der Waals surface area contributed by atoms with Crippen LogP contribution in [0.1, 0.15) is 35.3 Å². The number of aromatic nitrogens is 2. The van der Waals surface area contributed by atoms with Crippen LogP contribution in [-0.2, 0) is 11.2 Å². The van der Waals surface area contributed by atoms with Gasteiger partial charge < -0.3 is 9.80 Å². The molecule has 1 aliphatic heterocycles. The molecule has 2 heterocycles. The van der Waals surface area contributed by atoms with Crippen LogP contribution in [0.25, 0.3) is 11.3 Å². The quantitative estimate of drug-likeness (QED) is 0.651. The summed E-state index contributed by atoms with van der Waals surface area (Å²) in [5, 5.41) is 7.47. The van der Waals surface area contributed by atoms with Crippen molar-refractivity contribution in [1.82, 2.24) is 15.1 Å². The summed E-state index contributed by atoms with van der Waals surface area (Å²) in [6.07, 6.45) is 3.11. The number of benzene rings is 2. The van der Waals surface area contributed by atoms with Gasteiger partial charge in [-0.2, -0.15) is 5.10 Å². The third kappa shape index (κ3) is 4.43. The number of aryl methyl sites for hydroxylation is 1. The fraction of sp³-hybridized carbons (Fsp3) is 0.292. The van der Waals surface area contributed by atoms with Crippen LogP contribution in [0.4, 0.5) is 5.69 Å². The molecule has 1 saturated heterocycles. The summed E-state index contributed by atoms with van der Waals surface area (Å²) >= 11 is 0. The van der Waals surface area contributed by atoms with Gasteiger partial charge in [0.1, 0.15) is 0 Å². The highest BCUT2D eigenvalue weighted by Crippen LogP contribution is 2.23. The number of carbonyl (C=O) groups excluding carboxylic acids is 2. The van der Waals surface area contributed by atoms with Gasteiger partial charge in [0.2, 0.25) is 5.91 Å². The van der Waals surface area contributed by atoms with Crippen molar-refractivity contribution >= 4 is 17.5 Å². The van der Waals surface area contributed by atoms with Gasteiger partial charge in [-0.05, 0) is 43.5 Å². The first kappa shape index (κ1) is 19.9. The number of H-pyrrole nitrogens is 1. The molecule has 3 aromatic rings. The molecule has 0 bridgehead atoms. The van der Waals surface area contributed by atoms with E-state index in [-0.39, 0.29) is 11.8 Å². The monoisotopic (exact) mass is 402 g/mol. The highest BCUT2D eigenvalue weighted by atomic mass is 16.2. The number of rotatable bonds is 7. The van der Waals surface area contributed by atoms with Crippen molar-refractivity contribution in [3.8, 4) is 11.3 Å². The minimum atomic E-state index is -0.0296. The van der Waals surface area contributed by atoms with E-state index in [0.29, 0.717) is 18.5 Å². The lowest BCUT2D eigenvalue weighted by Crippen LogP contribution is -2.29. The smallest absolute Gasteiger partial charge is 0.253 e. The Kier molecular flexibility index (Phi) is 5.93. The number of carbonyl (C=O) groups is 2. The fourth-order valence-corrected chi connectivity index (χ4v) is 3.80. The molecule has 0 atom stereocenters. The third-order valence-corrected chi connectivity index (χ3v) is 5.46. The number of nitrogens with one attached hydrogen (secondary N) is 1. The van der Waals surface area contributed by atoms with Crippen molar-refractivity contribution in [2.45, 2.75) is 25.7 Å². The minimum Gasteiger partial charge on any atom is -0.342 e. The van der Waals surface area contributed by atoms with E-state index in [9.17, 15) is 9.59 Å². The van der Waals surface area contributed by atoms with Gasteiger partial charge in [0.05, 0.1) is 5.69 Å². The molecule has 1 aromatic heterocycles. The zero-order chi connectivity index (χ0) is 20.9. The van der Waals surface area contributed by atoms with Gasteiger partial charge in [0.15, 0.2) is 0 Å². The normalized spacial score (nSPS) is 13.6. The molecule has 1 fully saturated rings. The SMILES string of the molecule is CN(CCCc1cc(-c2ccccc2)n[nH]1)C(=O)c1cccc(N2CCCC2=O)c1. The molecule has 0 spiro atoms. The van der Waals surface area contributed by atoms with Gasteiger partial charge in [-0.1, -0.05) is 36.4 Å². The lowest BCUT2D eigenvalue weighted by atomic mass is 10.1. The van der Waals surface area contributed by atoms with E-state index >= 15 is 0 Å². The summed E-state index contributed by atoms with van der Waals surface area (Å²) in [6.45, 7) is 1.37. The molecule has 4 rings (SSSR count). The Labute approximate surface area is 176 Å². The topological polar surface area (TPSA) is 69.3 Å². The average Bonchev–Trinajstić information content (AvgIpc) is 3.43. The largest absolute Gasteiger partial charge is 0.342 e. The van der Waals surface area contributed by atoms with Crippen LogP contribution in [0.5, 0.6) is 0 Å². The van der Waals surface area contributed by atoms with Crippen molar-refractivity contribution < 1.29 is 9.59 Å². The zero-order valence-corrected chi connectivity index (χ0v) is 17.2. The van der Waals surface area contributed by atoms with Crippen molar-refractivity contribution in [3.63, 3.8) is 0 Å². The third-order valence-electron chi connectivity index (χ3n) is 5.46. The Balaban J connectivity index is 1.32. The van der Waals surface area contributed by atoms with Crippen molar-refractivity contribution in [2.75, 3.05) is 25.0 Å². The predicted octanol–water partition coefficient (Wildman–Crippen LogP) is 3.91. The summed E-state index contributed by atoms with van der Waals surface area (Å²) in [5.74, 6) is 0.0977. The van der Waals surface area contributed by atoms with Crippen LogP contribution in [-0.4, -0.2) is 47.0 Å². The molecule has 0 unspecified atom stereocenters. The maximum Gasteiger partial charge on any atom is 0.253 e. The Morgan fingerprint density at radius 1 is 1.13 bits per heavy atom. The van der Waals surface area contributed by atoms with E-state index in [1.807, 2.05) is 61.6 Å². The average molecular weight is 402 g/mol. The second-order valence-corrected chi connectivity index (χ2v) is 7.67. The Morgan fingerprint density at radius 3 is 2.73 bits per heavy atom. The van der Waals surface area contributed by atoms with Crippen molar-refractivity contribution in [1.29, 1.82) is 0 Å². The molecule has 0 saturated carbocycles. The van der Waals surface area contributed by atoms with Crippen molar-refractivity contribution in [3.05, 3.63) is 71.9 Å². The molecule has 2 aromatic carbocycles. The maximum atomic E-state index is 12.8. The van der Waals surface area contributed by atoms with Gasteiger partial charge in [0, 0.05) is 49.1 Å². The van der Waals surface area contributed by atoms with Gasteiger partial charge in [-0.15, -0.1) is 0 Å². The molecule has 2 amide bonds. The van der Waals surface area contributed by atoms with Gasteiger partial charge in [0.25, 0.3) is 5.91 Å². The fourth-order valence-electron chi connectivity index (χ4n) is 3.80. The molecule has 6 heteroatoms.